The summed E-state index contributed by atoms with van der Waals surface area (Å²) < 4.78 is 0. The Labute approximate surface area is 128 Å². The summed E-state index contributed by atoms with van der Waals surface area (Å²) in [5, 5.41) is 3.85. The van der Waals surface area contributed by atoms with E-state index >= 15 is 0 Å². The van der Waals surface area contributed by atoms with E-state index in [9.17, 15) is 4.79 Å². The molecule has 1 aromatic carbocycles. The molecule has 2 aromatic rings. The summed E-state index contributed by atoms with van der Waals surface area (Å²) in [7, 11) is 0. The highest BCUT2D eigenvalue weighted by Gasteiger charge is 2.20. The highest BCUT2D eigenvalue weighted by molar-refractivity contribution is 7.80. The Balaban J connectivity index is 2.12. The lowest BCUT2D eigenvalue weighted by Gasteiger charge is -2.23. The number of nitrogens with two attached hydrogens (primary N) is 1. The van der Waals surface area contributed by atoms with Crippen LogP contribution in [0.4, 0.5) is 5.82 Å². The van der Waals surface area contributed by atoms with Crippen molar-refractivity contribution in [3.05, 3.63) is 35.9 Å². The molecule has 5 nitrogen and oxygen atoms in total. The van der Waals surface area contributed by atoms with Gasteiger partial charge in [0, 0.05) is 18.5 Å². The largest absolute Gasteiger partial charge is 0.389 e. The molecule has 0 aliphatic carbocycles. The van der Waals surface area contributed by atoms with Crippen molar-refractivity contribution in [3.63, 3.8) is 0 Å². The van der Waals surface area contributed by atoms with Crippen molar-refractivity contribution in [2.45, 2.75) is 6.42 Å². The van der Waals surface area contributed by atoms with Gasteiger partial charge in [-0.05, 0) is 18.6 Å². The Kier molecular flexibility index (Phi) is 3.70. The lowest BCUT2D eigenvalue weighted by Crippen LogP contribution is -2.34. The maximum absolute atomic E-state index is 11.8. The first-order valence-corrected chi connectivity index (χ1v) is 7.27. The molecule has 1 saturated heterocycles. The van der Waals surface area contributed by atoms with Crippen molar-refractivity contribution in [2.24, 2.45) is 5.73 Å². The molecule has 1 fully saturated rings. The summed E-state index contributed by atoms with van der Waals surface area (Å²) in [5.74, 6) is 0.689. The van der Waals surface area contributed by atoms with E-state index < -0.39 is 0 Å². The summed E-state index contributed by atoms with van der Waals surface area (Å²) in [5.41, 5.74) is 7.44. The van der Waals surface area contributed by atoms with Gasteiger partial charge in [-0.2, -0.15) is 0 Å². The van der Waals surface area contributed by atoms with Crippen LogP contribution in [0, 0.1) is 0 Å². The number of para-hydroxylation sites is 1. The molecule has 21 heavy (non-hydrogen) atoms. The Morgan fingerprint density at radius 3 is 3.00 bits per heavy atom. The van der Waals surface area contributed by atoms with Crippen LogP contribution in [0.25, 0.3) is 10.9 Å². The van der Waals surface area contributed by atoms with Gasteiger partial charge in [0.1, 0.15) is 10.8 Å². The van der Waals surface area contributed by atoms with E-state index in [0.717, 1.165) is 29.4 Å². The minimum atomic E-state index is -0.00338. The molecule has 1 aromatic heterocycles. The SMILES string of the molecule is NC(=S)c1cc2ccccc2nc1N1CCCNC(=O)C1. The molecule has 0 spiro atoms. The number of nitrogens with zero attached hydrogens (tertiary/aromatic N) is 2. The predicted molar refractivity (Wildman–Crippen MR) is 87.5 cm³/mol. The van der Waals surface area contributed by atoms with Gasteiger partial charge in [-0.1, -0.05) is 30.4 Å². The van der Waals surface area contributed by atoms with Crippen LogP contribution < -0.4 is 16.0 Å². The van der Waals surface area contributed by atoms with E-state index in [1.807, 2.05) is 35.2 Å². The number of amides is 1. The maximum atomic E-state index is 11.8. The molecule has 6 heteroatoms. The van der Waals surface area contributed by atoms with Crippen LogP contribution in [0.1, 0.15) is 12.0 Å². The van der Waals surface area contributed by atoms with Crippen molar-refractivity contribution in [3.8, 4) is 0 Å². The molecule has 1 aliphatic heterocycles. The first-order chi connectivity index (χ1) is 10.1. The van der Waals surface area contributed by atoms with E-state index in [0.29, 0.717) is 17.4 Å². The molecule has 0 radical (unpaired) electrons. The van der Waals surface area contributed by atoms with E-state index in [4.69, 9.17) is 18.0 Å². The number of hydrogen-bond donors (Lipinski definition) is 2. The average molecular weight is 300 g/mol. The third-order valence-corrected chi connectivity index (χ3v) is 3.75. The van der Waals surface area contributed by atoms with E-state index in [1.54, 1.807) is 0 Å². The third-order valence-electron chi connectivity index (χ3n) is 3.53. The molecule has 0 unspecified atom stereocenters. The number of nitrogens with one attached hydrogen (secondary N) is 1. The minimum absolute atomic E-state index is 0.00338. The molecule has 1 aliphatic rings. The van der Waals surface area contributed by atoms with Crippen molar-refractivity contribution < 1.29 is 4.79 Å². The third kappa shape index (κ3) is 2.80. The molecule has 0 bridgehead atoms. The zero-order valence-corrected chi connectivity index (χ0v) is 12.3. The fourth-order valence-corrected chi connectivity index (χ4v) is 2.67. The number of anilines is 1. The predicted octanol–water partition coefficient (Wildman–Crippen LogP) is 1.20. The van der Waals surface area contributed by atoms with Gasteiger partial charge >= 0.3 is 0 Å². The maximum Gasteiger partial charge on any atom is 0.239 e. The Morgan fingerprint density at radius 2 is 2.19 bits per heavy atom. The Bertz CT molecular complexity index is 716. The highest BCUT2D eigenvalue weighted by atomic mass is 32.1. The van der Waals surface area contributed by atoms with E-state index in [-0.39, 0.29) is 12.5 Å². The molecule has 3 rings (SSSR count). The number of pyridine rings is 1. The van der Waals surface area contributed by atoms with Gasteiger partial charge in [0.05, 0.1) is 17.6 Å². The molecule has 1 amide bonds. The Morgan fingerprint density at radius 1 is 1.38 bits per heavy atom. The first kappa shape index (κ1) is 13.8. The molecular weight excluding hydrogens is 284 g/mol. The van der Waals surface area contributed by atoms with Gasteiger partial charge in [-0.25, -0.2) is 4.98 Å². The number of aromatic nitrogens is 1. The van der Waals surface area contributed by atoms with E-state index in [1.165, 1.54) is 0 Å². The van der Waals surface area contributed by atoms with Gasteiger partial charge < -0.3 is 16.0 Å². The number of carbonyl (C=O) groups excluding carboxylic acids is 1. The van der Waals surface area contributed by atoms with Crippen LogP contribution in [0.5, 0.6) is 0 Å². The van der Waals surface area contributed by atoms with E-state index in [2.05, 4.69) is 10.3 Å². The second kappa shape index (κ2) is 5.65. The highest BCUT2D eigenvalue weighted by Crippen LogP contribution is 2.24. The molecule has 108 valence electrons. The normalized spacial score (nSPS) is 15.6. The van der Waals surface area contributed by atoms with Gasteiger partial charge in [0.2, 0.25) is 5.91 Å². The quantitative estimate of drug-likeness (QED) is 0.815. The summed E-state index contributed by atoms with van der Waals surface area (Å²) >= 11 is 5.16. The molecule has 3 N–H and O–H groups in total. The standard InChI is InChI=1S/C15H16N4OS/c16-14(21)11-8-10-4-1-2-5-12(10)18-15(11)19-7-3-6-17-13(20)9-19/h1-2,4-5,8H,3,6-7,9H2,(H2,16,21)(H,17,20). The smallest absolute Gasteiger partial charge is 0.239 e. The summed E-state index contributed by atoms with van der Waals surface area (Å²) in [6, 6.07) is 9.76. The fraction of sp³-hybridized carbons (Fsp3) is 0.267. The second-order valence-corrected chi connectivity index (χ2v) is 5.48. The first-order valence-electron chi connectivity index (χ1n) is 6.86. The summed E-state index contributed by atoms with van der Waals surface area (Å²) in [4.78, 5) is 18.7. The number of carbonyl (C=O) groups is 1. The summed E-state index contributed by atoms with van der Waals surface area (Å²) in [6.07, 6.45) is 0.872. The van der Waals surface area contributed by atoms with Crippen LogP contribution in [-0.2, 0) is 4.79 Å². The topological polar surface area (TPSA) is 71.2 Å². The molecule has 0 atom stereocenters. The number of hydrogen-bond acceptors (Lipinski definition) is 4. The number of benzene rings is 1. The average Bonchev–Trinajstić information content (AvgIpc) is 2.70. The van der Waals surface area contributed by atoms with Crippen molar-refractivity contribution in [1.82, 2.24) is 10.3 Å². The zero-order valence-electron chi connectivity index (χ0n) is 11.5. The van der Waals surface area contributed by atoms with Crippen LogP contribution in [0.2, 0.25) is 0 Å². The monoisotopic (exact) mass is 300 g/mol. The Hall–Kier alpha value is -2.21. The number of fused-ring (bicyclic) bond motifs is 1. The van der Waals surface area contributed by atoms with Crippen LogP contribution in [0.3, 0.4) is 0 Å². The lowest BCUT2D eigenvalue weighted by molar-refractivity contribution is -0.119. The fourth-order valence-electron chi connectivity index (χ4n) is 2.51. The van der Waals surface area contributed by atoms with Gasteiger partial charge in [-0.15, -0.1) is 0 Å². The minimum Gasteiger partial charge on any atom is -0.389 e. The van der Waals surface area contributed by atoms with Gasteiger partial charge in [0.15, 0.2) is 0 Å². The number of thiocarbonyl (C=S) groups is 1. The van der Waals surface area contributed by atoms with Crippen LogP contribution in [-0.4, -0.2) is 35.5 Å². The van der Waals surface area contributed by atoms with Crippen molar-refractivity contribution in [1.29, 1.82) is 0 Å². The van der Waals surface area contributed by atoms with Crippen molar-refractivity contribution >= 4 is 39.8 Å². The van der Waals surface area contributed by atoms with Crippen LogP contribution >= 0.6 is 12.2 Å². The summed E-state index contributed by atoms with van der Waals surface area (Å²) in [6.45, 7) is 1.71. The second-order valence-electron chi connectivity index (χ2n) is 5.04. The lowest BCUT2D eigenvalue weighted by atomic mass is 10.1. The number of rotatable bonds is 2. The van der Waals surface area contributed by atoms with Crippen LogP contribution in [0.15, 0.2) is 30.3 Å². The zero-order chi connectivity index (χ0) is 14.8. The van der Waals surface area contributed by atoms with Gasteiger partial charge in [-0.3, -0.25) is 4.79 Å². The molecule has 0 saturated carbocycles. The molecule has 2 heterocycles. The van der Waals surface area contributed by atoms with Crippen molar-refractivity contribution in [2.75, 3.05) is 24.5 Å². The van der Waals surface area contributed by atoms with Gasteiger partial charge in [0.25, 0.3) is 0 Å². The molecular formula is C15H16N4OS.